The second-order valence-corrected chi connectivity index (χ2v) is 4.25. The Morgan fingerprint density at radius 3 is 2.40 bits per heavy atom. The summed E-state index contributed by atoms with van der Waals surface area (Å²) >= 11 is 0. The topological polar surface area (TPSA) is 74.6 Å². The van der Waals surface area contributed by atoms with Gasteiger partial charge in [0.15, 0.2) is 5.78 Å². The first-order valence-corrected chi connectivity index (χ1v) is 5.81. The van der Waals surface area contributed by atoms with Gasteiger partial charge >= 0.3 is 5.97 Å². The lowest BCUT2D eigenvalue weighted by Crippen LogP contribution is -2.05. The predicted octanol–water partition coefficient (Wildman–Crippen LogP) is 2.39. The lowest BCUT2D eigenvalue weighted by Gasteiger charge is -2.06. The molecule has 20 heavy (non-hydrogen) atoms. The number of carboxylic acid groups (broad SMARTS) is 1. The van der Waals surface area contributed by atoms with Crippen LogP contribution in [0.25, 0.3) is 0 Å². The van der Waals surface area contributed by atoms with E-state index in [1.807, 2.05) is 0 Å². The molecule has 5 heteroatoms. The van der Waals surface area contributed by atoms with Gasteiger partial charge < -0.3 is 10.2 Å². The van der Waals surface area contributed by atoms with E-state index in [0.29, 0.717) is 0 Å². The first-order chi connectivity index (χ1) is 9.47. The third-order valence-corrected chi connectivity index (χ3v) is 2.77. The van der Waals surface area contributed by atoms with Gasteiger partial charge in [-0.05, 0) is 30.3 Å². The molecule has 2 aromatic carbocycles. The number of phenolic OH excluding ortho intramolecular Hbond substituents is 1. The Morgan fingerprint density at radius 2 is 1.75 bits per heavy atom. The maximum absolute atomic E-state index is 13.1. The van der Waals surface area contributed by atoms with Crippen molar-refractivity contribution < 1.29 is 24.2 Å². The molecule has 0 amide bonds. The molecule has 0 aliphatic heterocycles. The maximum atomic E-state index is 13.1. The molecule has 0 saturated carbocycles. The largest absolute Gasteiger partial charge is 0.508 e. The zero-order valence-corrected chi connectivity index (χ0v) is 10.3. The van der Waals surface area contributed by atoms with E-state index in [9.17, 15) is 19.1 Å². The summed E-state index contributed by atoms with van der Waals surface area (Å²) in [5.74, 6) is -2.27. The molecular weight excluding hydrogens is 263 g/mol. The quantitative estimate of drug-likeness (QED) is 0.839. The number of aliphatic carboxylic acids is 1. The molecule has 0 bridgehead atoms. The number of ketones is 1. The minimum Gasteiger partial charge on any atom is -0.508 e. The number of carbonyl (C=O) groups excluding carboxylic acids is 1. The molecule has 2 N–H and O–H groups in total. The summed E-state index contributed by atoms with van der Waals surface area (Å²) < 4.78 is 13.1. The van der Waals surface area contributed by atoms with Crippen molar-refractivity contribution in [3.05, 3.63) is 65.0 Å². The van der Waals surface area contributed by atoms with Crippen LogP contribution in [0.15, 0.2) is 42.5 Å². The van der Waals surface area contributed by atoms with Gasteiger partial charge in [-0.1, -0.05) is 12.1 Å². The van der Waals surface area contributed by atoms with Gasteiger partial charge in [0, 0.05) is 16.7 Å². The first-order valence-electron chi connectivity index (χ1n) is 5.81. The van der Waals surface area contributed by atoms with Crippen molar-refractivity contribution in [3.8, 4) is 5.75 Å². The van der Waals surface area contributed by atoms with E-state index in [1.165, 1.54) is 36.4 Å². The summed E-state index contributed by atoms with van der Waals surface area (Å²) in [6, 6.07) is 9.14. The SMILES string of the molecule is O=C(O)Cc1cc(C(=O)c2cccc(F)c2)ccc1O. The third-order valence-electron chi connectivity index (χ3n) is 2.77. The molecule has 102 valence electrons. The molecule has 0 radical (unpaired) electrons. The average molecular weight is 274 g/mol. The van der Waals surface area contributed by atoms with Crippen LogP contribution in [0, 0.1) is 5.82 Å². The van der Waals surface area contributed by atoms with Crippen LogP contribution < -0.4 is 0 Å². The van der Waals surface area contributed by atoms with E-state index in [-0.39, 0.29) is 22.4 Å². The van der Waals surface area contributed by atoms with Crippen LogP contribution in [0.2, 0.25) is 0 Å². The van der Waals surface area contributed by atoms with Crippen LogP contribution in [-0.2, 0) is 11.2 Å². The van der Waals surface area contributed by atoms with Crippen LogP contribution in [0.1, 0.15) is 21.5 Å². The normalized spacial score (nSPS) is 10.2. The summed E-state index contributed by atoms with van der Waals surface area (Å²) in [5, 5.41) is 18.3. The third kappa shape index (κ3) is 3.00. The maximum Gasteiger partial charge on any atom is 0.307 e. The molecule has 0 aliphatic rings. The highest BCUT2D eigenvalue weighted by molar-refractivity contribution is 6.09. The molecule has 2 rings (SSSR count). The molecule has 0 unspecified atom stereocenters. The zero-order valence-electron chi connectivity index (χ0n) is 10.3. The number of hydrogen-bond donors (Lipinski definition) is 2. The predicted molar refractivity (Wildman–Crippen MR) is 69.3 cm³/mol. The number of phenols is 1. The van der Waals surface area contributed by atoms with Crippen molar-refractivity contribution in [2.45, 2.75) is 6.42 Å². The van der Waals surface area contributed by atoms with E-state index in [4.69, 9.17) is 5.11 Å². The van der Waals surface area contributed by atoms with Gasteiger partial charge in [-0.2, -0.15) is 0 Å². The minimum atomic E-state index is -1.12. The summed E-state index contributed by atoms with van der Waals surface area (Å²) in [7, 11) is 0. The fraction of sp³-hybridized carbons (Fsp3) is 0.0667. The molecule has 0 fully saturated rings. The van der Waals surface area contributed by atoms with Gasteiger partial charge in [0.1, 0.15) is 11.6 Å². The molecule has 2 aromatic rings. The van der Waals surface area contributed by atoms with Gasteiger partial charge in [0.2, 0.25) is 0 Å². The summed E-state index contributed by atoms with van der Waals surface area (Å²) in [6.07, 6.45) is -0.393. The minimum absolute atomic E-state index is 0.139. The number of carboxylic acids is 1. The van der Waals surface area contributed by atoms with E-state index in [2.05, 4.69) is 0 Å². The Bertz CT molecular complexity index is 679. The van der Waals surface area contributed by atoms with Gasteiger partial charge in [-0.15, -0.1) is 0 Å². The highest BCUT2D eigenvalue weighted by Crippen LogP contribution is 2.21. The molecule has 0 atom stereocenters. The van der Waals surface area contributed by atoms with Gasteiger partial charge in [0.25, 0.3) is 0 Å². The van der Waals surface area contributed by atoms with Crippen LogP contribution in [0.5, 0.6) is 5.75 Å². The number of halogens is 1. The standard InChI is InChI=1S/C15H11FO4/c16-12-3-1-2-9(7-12)15(20)10-4-5-13(17)11(6-10)8-14(18)19/h1-7,17H,8H2,(H,18,19). The fourth-order valence-electron chi connectivity index (χ4n) is 1.83. The Balaban J connectivity index is 2.38. The molecule has 0 heterocycles. The zero-order chi connectivity index (χ0) is 14.7. The second-order valence-electron chi connectivity index (χ2n) is 4.25. The second kappa shape index (κ2) is 5.52. The number of aromatic hydroxyl groups is 1. The van der Waals surface area contributed by atoms with Crippen LogP contribution in [0.3, 0.4) is 0 Å². The Labute approximate surface area is 114 Å². The number of hydrogen-bond acceptors (Lipinski definition) is 3. The summed E-state index contributed by atoms with van der Waals surface area (Å²) in [4.78, 5) is 22.8. The van der Waals surface area contributed by atoms with Gasteiger partial charge in [-0.25, -0.2) is 4.39 Å². The molecule has 0 spiro atoms. The number of benzene rings is 2. The van der Waals surface area contributed by atoms with Crippen molar-refractivity contribution in [1.29, 1.82) is 0 Å². The number of carbonyl (C=O) groups is 2. The summed E-state index contributed by atoms with van der Waals surface area (Å²) in [5.41, 5.74) is 0.501. The summed E-state index contributed by atoms with van der Waals surface area (Å²) in [6.45, 7) is 0. The Morgan fingerprint density at radius 1 is 1.05 bits per heavy atom. The van der Waals surface area contributed by atoms with E-state index in [1.54, 1.807) is 0 Å². The van der Waals surface area contributed by atoms with Crippen molar-refractivity contribution in [1.82, 2.24) is 0 Å². The van der Waals surface area contributed by atoms with Crippen molar-refractivity contribution in [3.63, 3.8) is 0 Å². The van der Waals surface area contributed by atoms with E-state index in [0.717, 1.165) is 6.07 Å². The van der Waals surface area contributed by atoms with Crippen LogP contribution in [-0.4, -0.2) is 22.0 Å². The first kappa shape index (κ1) is 13.7. The monoisotopic (exact) mass is 274 g/mol. The Hall–Kier alpha value is -2.69. The van der Waals surface area contributed by atoms with Crippen LogP contribution in [0.4, 0.5) is 4.39 Å². The lowest BCUT2D eigenvalue weighted by molar-refractivity contribution is -0.136. The van der Waals surface area contributed by atoms with Crippen molar-refractivity contribution in [2.75, 3.05) is 0 Å². The highest BCUT2D eigenvalue weighted by Gasteiger charge is 2.13. The average Bonchev–Trinajstić information content (AvgIpc) is 2.40. The molecule has 0 aromatic heterocycles. The number of rotatable bonds is 4. The fourth-order valence-corrected chi connectivity index (χ4v) is 1.83. The molecular formula is C15H11FO4. The smallest absolute Gasteiger partial charge is 0.307 e. The highest BCUT2D eigenvalue weighted by atomic mass is 19.1. The Kier molecular flexibility index (Phi) is 3.79. The van der Waals surface area contributed by atoms with Crippen LogP contribution >= 0.6 is 0 Å². The van der Waals surface area contributed by atoms with Crippen molar-refractivity contribution in [2.24, 2.45) is 0 Å². The van der Waals surface area contributed by atoms with Gasteiger partial charge in [0.05, 0.1) is 6.42 Å². The van der Waals surface area contributed by atoms with Gasteiger partial charge in [-0.3, -0.25) is 9.59 Å². The lowest BCUT2D eigenvalue weighted by atomic mass is 9.99. The van der Waals surface area contributed by atoms with E-state index < -0.39 is 24.0 Å². The van der Waals surface area contributed by atoms with Crippen molar-refractivity contribution >= 4 is 11.8 Å². The molecule has 4 nitrogen and oxygen atoms in total. The van der Waals surface area contributed by atoms with E-state index >= 15 is 0 Å². The molecule has 0 aliphatic carbocycles. The molecule has 0 saturated heterocycles.